The van der Waals surface area contributed by atoms with E-state index in [9.17, 15) is 0 Å². The van der Waals surface area contributed by atoms with Crippen molar-refractivity contribution >= 4 is 5.69 Å². The summed E-state index contributed by atoms with van der Waals surface area (Å²) in [5, 5.41) is 4.14. The highest BCUT2D eigenvalue weighted by atomic mass is 15.3. The van der Waals surface area contributed by atoms with Crippen molar-refractivity contribution in [2.45, 2.75) is 12.8 Å². The van der Waals surface area contributed by atoms with Crippen LogP contribution in [-0.4, -0.2) is 23.4 Å². The zero-order chi connectivity index (χ0) is 8.55. The van der Waals surface area contributed by atoms with Crippen LogP contribution >= 0.6 is 0 Å². The van der Waals surface area contributed by atoms with Crippen molar-refractivity contribution in [1.29, 1.82) is 0 Å². The molecule has 0 atom stereocenters. The maximum absolute atomic E-state index is 4.14. The molecule has 1 fully saturated rings. The van der Waals surface area contributed by atoms with Gasteiger partial charge >= 0.3 is 0 Å². The van der Waals surface area contributed by atoms with E-state index < -0.39 is 0 Å². The molecule has 0 aliphatic heterocycles. The van der Waals surface area contributed by atoms with Crippen LogP contribution in [0, 0.1) is 5.92 Å². The molecule has 3 heteroatoms. The summed E-state index contributed by atoms with van der Waals surface area (Å²) in [4.78, 5) is 2.28. The second-order valence-corrected chi connectivity index (χ2v) is 3.70. The van der Waals surface area contributed by atoms with Crippen molar-refractivity contribution in [2.75, 3.05) is 18.5 Å². The number of hydrogen-bond donors (Lipinski definition) is 0. The first-order chi connectivity index (χ1) is 5.75. The van der Waals surface area contributed by atoms with Gasteiger partial charge in [0.25, 0.3) is 0 Å². The Labute approximate surface area is 73.0 Å². The number of anilines is 1. The second-order valence-electron chi connectivity index (χ2n) is 3.70. The van der Waals surface area contributed by atoms with Crippen LogP contribution in [0.1, 0.15) is 12.8 Å². The van der Waals surface area contributed by atoms with Crippen molar-refractivity contribution < 1.29 is 0 Å². The lowest BCUT2D eigenvalue weighted by atomic mass is 10.3. The molecule has 1 aromatic heterocycles. The van der Waals surface area contributed by atoms with Gasteiger partial charge in [-0.05, 0) is 18.8 Å². The number of nitrogens with zero attached hydrogens (tertiary/aromatic N) is 3. The van der Waals surface area contributed by atoms with E-state index in [1.165, 1.54) is 25.1 Å². The Hall–Kier alpha value is -0.990. The molecule has 0 aromatic carbocycles. The van der Waals surface area contributed by atoms with Gasteiger partial charge in [-0.1, -0.05) is 0 Å². The molecule has 1 aromatic rings. The van der Waals surface area contributed by atoms with E-state index in [0.29, 0.717) is 0 Å². The predicted octanol–water partition coefficient (Wildman–Crippen LogP) is 1.27. The monoisotopic (exact) mass is 165 g/mol. The molecule has 12 heavy (non-hydrogen) atoms. The third-order valence-electron chi connectivity index (χ3n) is 2.36. The van der Waals surface area contributed by atoms with Crippen molar-refractivity contribution in [3.05, 3.63) is 12.4 Å². The minimum Gasteiger partial charge on any atom is -0.372 e. The molecule has 0 amide bonds. The summed E-state index contributed by atoms with van der Waals surface area (Å²) in [6.45, 7) is 1.19. The minimum atomic E-state index is 0.940. The molecule has 2 rings (SSSR count). The predicted molar refractivity (Wildman–Crippen MR) is 49.2 cm³/mol. The Kier molecular flexibility index (Phi) is 1.79. The van der Waals surface area contributed by atoms with Gasteiger partial charge in [-0.3, -0.25) is 4.68 Å². The van der Waals surface area contributed by atoms with Gasteiger partial charge in [0, 0.05) is 26.8 Å². The normalized spacial score (nSPS) is 16.5. The van der Waals surface area contributed by atoms with Gasteiger partial charge in [0.05, 0.1) is 11.9 Å². The highest BCUT2D eigenvalue weighted by Crippen LogP contribution is 2.30. The van der Waals surface area contributed by atoms with Gasteiger partial charge < -0.3 is 4.90 Å². The summed E-state index contributed by atoms with van der Waals surface area (Å²) in [6, 6.07) is 0. The van der Waals surface area contributed by atoms with E-state index in [2.05, 4.69) is 23.2 Å². The molecule has 0 bridgehead atoms. The molecule has 0 radical (unpaired) electrons. The Bertz CT molecular complexity index is 262. The molecule has 0 saturated heterocycles. The smallest absolute Gasteiger partial charge is 0.0749 e. The van der Waals surface area contributed by atoms with Gasteiger partial charge in [-0.25, -0.2) is 0 Å². The first-order valence-corrected chi connectivity index (χ1v) is 4.45. The SMILES string of the molecule is CN(CC1CC1)c1cnn(C)c1. The average molecular weight is 165 g/mol. The average Bonchev–Trinajstić information content (AvgIpc) is 2.72. The number of rotatable bonds is 3. The molecule has 0 spiro atoms. The fourth-order valence-corrected chi connectivity index (χ4v) is 1.40. The molecule has 0 N–H and O–H groups in total. The Balaban J connectivity index is 1.97. The van der Waals surface area contributed by atoms with Gasteiger partial charge in [0.1, 0.15) is 0 Å². The lowest BCUT2D eigenvalue weighted by molar-refractivity contribution is 0.764. The van der Waals surface area contributed by atoms with Crippen LogP contribution in [0.5, 0.6) is 0 Å². The van der Waals surface area contributed by atoms with Crippen molar-refractivity contribution in [3.8, 4) is 0 Å². The summed E-state index contributed by atoms with van der Waals surface area (Å²) >= 11 is 0. The highest BCUT2D eigenvalue weighted by Gasteiger charge is 2.23. The zero-order valence-electron chi connectivity index (χ0n) is 7.70. The van der Waals surface area contributed by atoms with Crippen LogP contribution in [0.2, 0.25) is 0 Å². The third kappa shape index (κ3) is 1.60. The van der Waals surface area contributed by atoms with Gasteiger partial charge in [0.2, 0.25) is 0 Å². The van der Waals surface area contributed by atoms with E-state index in [-0.39, 0.29) is 0 Å². The molecule has 1 saturated carbocycles. The fourth-order valence-electron chi connectivity index (χ4n) is 1.40. The summed E-state index contributed by atoms with van der Waals surface area (Å²) in [5.41, 5.74) is 1.23. The van der Waals surface area contributed by atoms with Crippen molar-refractivity contribution in [2.24, 2.45) is 13.0 Å². The topological polar surface area (TPSA) is 21.1 Å². The van der Waals surface area contributed by atoms with E-state index in [4.69, 9.17) is 0 Å². The first-order valence-electron chi connectivity index (χ1n) is 4.45. The molecule has 1 heterocycles. The van der Waals surface area contributed by atoms with Gasteiger partial charge in [0.15, 0.2) is 0 Å². The Morgan fingerprint density at radius 2 is 2.42 bits per heavy atom. The van der Waals surface area contributed by atoms with Crippen molar-refractivity contribution in [1.82, 2.24) is 9.78 Å². The standard InChI is InChI=1S/C9H15N3/c1-11(6-8-3-4-8)9-5-10-12(2)7-9/h5,7-8H,3-4,6H2,1-2H3. The summed E-state index contributed by atoms with van der Waals surface area (Å²) < 4.78 is 1.85. The summed E-state index contributed by atoms with van der Waals surface area (Å²) in [5.74, 6) is 0.940. The number of aromatic nitrogens is 2. The van der Waals surface area contributed by atoms with E-state index in [0.717, 1.165) is 5.92 Å². The largest absolute Gasteiger partial charge is 0.372 e. The van der Waals surface area contributed by atoms with Crippen LogP contribution in [0.25, 0.3) is 0 Å². The molecule has 3 nitrogen and oxygen atoms in total. The van der Waals surface area contributed by atoms with E-state index in [1.54, 1.807) is 0 Å². The molecule has 66 valence electrons. The Morgan fingerprint density at radius 3 is 2.92 bits per heavy atom. The quantitative estimate of drug-likeness (QED) is 0.672. The maximum atomic E-state index is 4.14. The van der Waals surface area contributed by atoms with Crippen LogP contribution in [0.4, 0.5) is 5.69 Å². The van der Waals surface area contributed by atoms with Gasteiger partial charge in [-0.15, -0.1) is 0 Å². The molecular formula is C9H15N3. The zero-order valence-corrected chi connectivity index (χ0v) is 7.70. The van der Waals surface area contributed by atoms with Crippen molar-refractivity contribution in [3.63, 3.8) is 0 Å². The molecule has 1 aliphatic rings. The summed E-state index contributed by atoms with van der Waals surface area (Å²) in [7, 11) is 4.09. The third-order valence-corrected chi connectivity index (χ3v) is 2.36. The van der Waals surface area contributed by atoms with Crippen LogP contribution in [0.15, 0.2) is 12.4 Å². The molecule has 1 aliphatic carbocycles. The number of hydrogen-bond acceptors (Lipinski definition) is 2. The first kappa shape index (κ1) is 7.65. The highest BCUT2D eigenvalue weighted by molar-refractivity contribution is 5.41. The van der Waals surface area contributed by atoms with Crippen LogP contribution in [0.3, 0.4) is 0 Å². The molecule has 0 unspecified atom stereocenters. The van der Waals surface area contributed by atoms with E-state index >= 15 is 0 Å². The van der Waals surface area contributed by atoms with Crippen LogP contribution in [-0.2, 0) is 7.05 Å². The van der Waals surface area contributed by atoms with Crippen LogP contribution < -0.4 is 4.90 Å². The lowest BCUT2D eigenvalue weighted by Gasteiger charge is -2.15. The summed E-state index contributed by atoms with van der Waals surface area (Å²) in [6.07, 6.45) is 6.79. The minimum absolute atomic E-state index is 0.940. The maximum Gasteiger partial charge on any atom is 0.0749 e. The lowest BCUT2D eigenvalue weighted by Crippen LogP contribution is -2.19. The fraction of sp³-hybridized carbons (Fsp3) is 0.667. The van der Waals surface area contributed by atoms with E-state index in [1.807, 2.05) is 17.9 Å². The second kappa shape index (κ2) is 2.81. The van der Waals surface area contributed by atoms with Gasteiger partial charge in [-0.2, -0.15) is 5.10 Å². The number of aryl methyl sites for hydroxylation is 1. The molecular weight excluding hydrogens is 150 g/mol. The Morgan fingerprint density at radius 1 is 1.67 bits per heavy atom.